The van der Waals surface area contributed by atoms with E-state index in [1.807, 2.05) is 31.3 Å². The number of aromatic nitrogens is 2. The van der Waals surface area contributed by atoms with E-state index in [2.05, 4.69) is 14.7 Å². The van der Waals surface area contributed by atoms with E-state index in [0.717, 1.165) is 30.6 Å². The van der Waals surface area contributed by atoms with Gasteiger partial charge in [-0.1, -0.05) is 18.2 Å². The molecule has 0 fully saturated rings. The lowest BCUT2D eigenvalue weighted by atomic mass is 10.0. The van der Waals surface area contributed by atoms with Crippen LogP contribution < -0.4 is 9.62 Å². The van der Waals surface area contributed by atoms with Crippen LogP contribution in [0.4, 0.5) is 5.69 Å². The molecule has 0 saturated carbocycles. The van der Waals surface area contributed by atoms with Crippen molar-refractivity contribution in [3.63, 3.8) is 0 Å². The molecular weight excluding hydrogens is 312 g/mol. The van der Waals surface area contributed by atoms with Crippen LogP contribution in [-0.2, 0) is 17.1 Å². The van der Waals surface area contributed by atoms with Gasteiger partial charge < -0.3 is 4.90 Å². The minimum absolute atomic E-state index is 0.222. The zero-order valence-corrected chi connectivity index (χ0v) is 14.5. The van der Waals surface area contributed by atoms with Crippen molar-refractivity contribution in [1.29, 1.82) is 0 Å². The average Bonchev–Trinajstić information content (AvgIpc) is 2.78. The van der Waals surface area contributed by atoms with Gasteiger partial charge in [-0.15, -0.1) is 0 Å². The number of benzene rings is 1. The Morgan fingerprint density at radius 2 is 2.00 bits per heavy atom. The minimum atomic E-state index is -3.60. The van der Waals surface area contributed by atoms with Gasteiger partial charge in [-0.25, -0.2) is 13.1 Å². The van der Waals surface area contributed by atoms with Crippen LogP contribution in [0.3, 0.4) is 0 Å². The first-order chi connectivity index (χ1) is 10.9. The highest BCUT2D eigenvalue weighted by Gasteiger charge is 2.28. The monoisotopic (exact) mass is 334 g/mol. The molecule has 1 atom stereocenters. The van der Waals surface area contributed by atoms with Gasteiger partial charge in [0.25, 0.3) is 0 Å². The van der Waals surface area contributed by atoms with Gasteiger partial charge in [0.05, 0.1) is 11.9 Å². The number of nitrogens with one attached hydrogen (secondary N) is 1. The molecule has 0 bridgehead atoms. The summed E-state index contributed by atoms with van der Waals surface area (Å²) in [5, 5.41) is 4.04. The van der Waals surface area contributed by atoms with Gasteiger partial charge in [-0.05, 0) is 31.4 Å². The molecule has 0 amide bonds. The van der Waals surface area contributed by atoms with Crippen LogP contribution in [0.25, 0.3) is 0 Å². The molecule has 1 aromatic carbocycles. The highest BCUT2D eigenvalue weighted by molar-refractivity contribution is 7.89. The maximum absolute atomic E-state index is 12.8. The zero-order chi connectivity index (χ0) is 16.6. The van der Waals surface area contributed by atoms with Crippen molar-refractivity contribution in [2.75, 3.05) is 18.5 Å². The summed E-state index contributed by atoms with van der Waals surface area (Å²) in [5.41, 5.74) is 2.75. The average molecular weight is 334 g/mol. The van der Waals surface area contributed by atoms with E-state index in [0.29, 0.717) is 5.69 Å². The molecule has 23 heavy (non-hydrogen) atoms. The first-order valence-electron chi connectivity index (χ1n) is 7.71. The second-order valence-corrected chi connectivity index (χ2v) is 7.70. The van der Waals surface area contributed by atoms with Crippen LogP contribution in [0.5, 0.6) is 0 Å². The van der Waals surface area contributed by atoms with Gasteiger partial charge >= 0.3 is 0 Å². The molecule has 1 aliphatic heterocycles. The van der Waals surface area contributed by atoms with Crippen molar-refractivity contribution >= 4 is 15.7 Å². The topological polar surface area (TPSA) is 67.2 Å². The third-order valence-corrected chi connectivity index (χ3v) is 6.06. The quantitative estimate of drug-likeness (QED) is 0.932. The Morgan fingerprint density at radius 1 is 1.26 bits per heavy atom. The summed E-state index contributed by atoms with van der Waals surface area (Å²) in [5.74, 6) is 0. The molecule has 0 saturated heterocycles. The minimum Gasteiger partial charge on any atom is -0.374 e. The number of fused-ring (bicyclic) bond motifs is 1. The van der Waals surface area contributed by atoms with E-state index in [1.165, 1.54) is 6.20 Å². The lowest BCUT2D eigenvalue weighted by Gasteiger charge is -2.22. The van der Waals surface area contributed by atoms with E-state index >= 15 is 0 Å². The highest BCUT2D eigenvalue weighted by Crippen LogP contribution is 2.33. The van der Waals surface area contributed by atoms with Gasteiger partial charge in [0.15, 0.2) is 0 Å². The molecule has 1 aliphatic rings. The molecule has 124 valence electrons. The maximum Gasteiger partial charge on any atom is 0.244 e. The summed E-state index contributed by atoms with van der Waals surface area (Å²) < 4.78 is 30.0. The Bertz CT molecular complexity index is 813. The molecule has 0 radical (unpaired) electrons. The summed E-state index contributed by atoms with van der Waals surface area (Å²) >= 11 is 0. The van der Waals surface area contributed by atoms with Crippen LogP contribution in [0.2, 0.25) is 0 Å². The fourth-order valence-corrected chi connectivity index (χ4v) is 4.51. The number of aryl methyl sites for hydroxylation is 1. The van der Waals surface area contributed by atoms with E-state index in [1.54, 1.807) is 18.7 Å². The summed E-state index contributed by atoms with van der Waals surface area (Å²) in [6.07, 6.45) is 3.12. The van der Waals surface area contributed by atoms with Crippen molar-refractivity contribution in [3.05, 3.63) is 41.7 Å². The Hall–Kier alpha value is -1.86. The number of sulfonamides is 1. The fourth-order valence-electron chi connectivity index (χ4n) is 3.05. The number of anilines is 1. The summed E-state index contributed by atoms with van der Waals surface area (Å²) in [7, 11) is 0.185. The number of hydrogen-bond donors (Lipinski definition) is 1. The van der Waals surface area contributed by atoms with Gasteiger partial charge in [0, 0.05) is 32.4 Å². The fraction of sp³-hybridized carbons (Fsp3) is 0.438. The second kappa shape index (κ2) is 5.98. The maximum atomic E-state index is 12.8. The van der Waals surface area contributed by atoms with Crippen molar-refractivity contribution in [1.82, 2.24) is 14.5 Å². The van der Waals surface area contributed by atoms with Crippen molar-refractivity contribution < 1.29 is 8.42 Å². The Kier molecular flexibility index (Phi) is 4.16. The molecule has 2 heterocycles. The molecule has 1 N–H and O–H groups in total. The first kappa shape index (κ1) is 16.0. The molecule has 0 spiro atoms. The molecule has 0 aliphatic carbocycles. The lowest BCUT2D eigenvalue weighted by molar-refractivity contribution is 0.536. The predicted molar refractivity (Wildman–Crippen MR) is 90.0 cm³/mol. The van der Waals surface area contributed by atoms with Crippen LogP contribution >= 0.6 is 0 Å². The number of nitrogens with zero attached hydrogens (tertiary/aromatic N) is 3. The molecule has 1 unspecified atom stereocenters. The van der Waals surface area contributed by atoms with Crippen molar-refractivity contribution in [2.24, 2.45) is 7.05 Å². The number of hydrogen-bond acceptors (Lipinski definition) is 4. The molecule has 7 heteroatoms. The molecule has 2 aromatic rings. The van der Waals surface area contributed by atoms with E-state index in [-0.39, 0.29) is 10.9 Å². The molecule has 1 aromatic heterocycles. The van der Waals surface area contributed by atoms with Crippen LogP contribution in [0, 0.1) is 6.92 Å². The third-order valence-electron chi connectivity index (χ3n) is 4.49. The largest absolute Gasteiger partial charge is 0.374 e. The summed E-state index contributed by atoms with van der Waals surface area (Å²) in [6.45, 7) is 2.68. The van der Waals surface area contributed by atoms with Crippen LogP contribution in [-0.4, -0.2) is 31.8 Å². The van der Waals surface area contributed by atoms with E-state index < -0.39 is 10.0 Å². The van der Waals surface area contributed by atoms with Crippen LogP contribution in [0.1, 0.15) is 30.1 Å². The normalized spacial score (nSPS) is 18.6. The molecule has 6 nitrogen and oxygen atoms in total. The Labute approximate surface area is 137 Å². The number of rotatable bonds is 3. The lowest BCUT2D eigenvalue weighted by Crippen LogP contribution is -2.29. The Morgan fingerprint density at radius 3 is 2.70 bits per heavy atom. The zero-order valence-electron chi connectivity index (χ0n) is 13.7. The second-order valence-electron chi connectivity index (χ2n) is 6.01. The van der Waals surface area contributed by atoms with Gasteiger partial charge in [-0.2, -0.15) is 5.10 Å². The highest BCUT2D eigenvalue weighted by atomic mass is 32.2. The third kappa shape index (κ3) is 2.98. The number of para-hydroxylation sites is 1. The van der Waals surface area contributed by atoms with Gasteiger partial charge in [0.2, 0.25) is 10.0 Å². The predicted octanol–water partition coefficient (Wildman–Crippen LogP) is 1.98. The first-order valence-corrected chi connectivity index (χ1v) is 9.19. The summed E-state index contributed by atoms with van der Waals surface area (Å²) in [6, 6.07) is 7.75. The standard InChI is InChI=1S/C16H22N4O2S/c1-12-16(11-17-20(12)3)23(21,22)18-14-8-6-10-19(2)15-9-5-4-7-13(14)15/h4-5,7,9,11,14,18H,6,8,10H2,1-3H3. The van der Waals surface area contributed by atoms with Crippen molar-refractivity contribution in [2.45, 2.75) is 30.7 Å². The van der Waals surface area contributed by atoms with E-state index in [4.69, 9.17) is 0 Å². The van der Waals surface area contributed by atoms with Crippen LogP contribution in [0.15, 0.2) is 35.4 Å². The summed E-state index contributed by atoms with van der Waals surface area (Å²) in [4.78, 5) is 2.42. The van der Waals surface area contributed by atoms with Gasteiger partial charge in [-0.3, -0.25) is 4.68 Å². The smallest absolute Gasteiger partial charge is 0.244 e. The Balaban J connectivity index is 1.96. The van der Waals surface area contributed by atoms with E-state index in [9.17, 15) is 8.42 Å². The molecular formula is C16H22N4O2S. The SMILES string of the molecule is Cc1c(S(=O)(=O)NC2CCCN(C)c3ccccc32)cnn1C. The van der Waals surface area contributed by atoms with Gasteiger partial charge in [0.1, 0.15) is 4.90 Å². The van der Waals surface area contributed by atoms with Crippen molar-refractivity contribution in [3.8, 4) is 0 Å². The molecule has 3 rings (SSSR count).